The van der Waals surface area contributed by atoms with E-state index in [2.05, 4.69) is 44.1 Å². The van der Waals surface area contributed by atoms with Gasteiger partial charge in [-0.25, -0.2) is 4.99 Å². The third-order valence-electron chi connectivity index (χ3n) is 4.18. The van der Waals surface area contributed by atoms with Crippen molar-refractivity contribution in [3.05, 3.63) is 41.5 Å². The monoisotopic (exact) mass is 312 g/mol. The number of rotatable bonds is 4. The molecule has 1 aromatic heterocycles. The van der Waals surface area contributed by atoms with E-state index in [1.54, 1.807) is 0 Å². The Morgan fingerprint density at radius 1 is 1.30 bits per heavy atom. The average Bonchev–Trinajstić information content (AvgIpc) is 2.79. The number of hydrogen-bond donors (Lipinski definition) is 2. The maximum absolute atomic E-state index is 6.00. The highest BCUT2D eigenvalue weighted by atomic mass is 15.3. The Morgan fingerprint density at radius 3 is 3.09 bits per heavy atom. The van der Waals surface area contributed by atoms with Crippen molar-refractivity contribution in [2.45, 2.75) is 52.1 Å². The Hall–Kier alpha value is -2.37. The van der Waals surface area contributed by atoms with Crippen LogP contribution in [0.1, 0.15) is 43.4 Å². The second-order valence-corrected chi connectivity index (χ2v) is 5.88. The van der Waals surface area contributed by atoms with Crippen LogP contribution in [-0.2, 0) is 25.9 Å². The molecule has 2 aromatic rings. The van der Waals surface area contributed by atoms with Gasteiger partial charge in [-0.05, 0) is 37.0 Å². The molecule has 0 spiro atoms. The molecule has 6 heteroatoms. The van der Waals surface area contributed by atoms with Crippen LogP contribution in [0.25, 0.3) is 0 Å². The van der Waals surface area contributed by atoms with Gasteiger partial charge in [0.1, 0.15) is 12.4 Å². The Morgan fingerprint density at radius 2 is 2.22 bits per heavy atom. The molecule has 2 heterocycles. The standard InChI is InChI=1S/C17H24N6/c1-2-13-7-6-8-14(11-13)20-17(18)19-12-16-22-21-15-9-4-3-5-10-23(15)16/h6-8,11H,2-5,9-10,12H2,1H3,(H3,18,19,20). The molecular weight excluding hydrogens is 288 g/mol. The van der Waals surface area contributed by atoms with Gasteiger partial charge in [0.05, 0.1) is 0 Å². The molecule has 1 aliphatic rings. The summed E-state index contributed by atoms with van der Waals surface area (Å²) in [6.07, 6.45) is 5.63. The minimum Gasteiger partial charge on any atom is -0.370 e. The van der Waals surface area contributed by atoms with Crippen LogP contribution in [0.3, 0.4) is 0 Å². The molecule has 0 aliphatic carbocycles. The summed E-state index contributed by atoms with van der Waals surface area (Å²) in [6.45, 7) is 3.58. The number of nitrogens with one attached hydrogen (secondary N) is 1. The van der Waals surface area contributed by atoms with Gasteiger partial charge in [0.2, 0.25) is 0 Å². The average molecular weight is 312 g/mol. The van der Waals surface area contributed by atoms with Gasteiger partial charge in [0, 0.05) is 18.7 Å². The number of aliphatic imine (C=N–C) groups is 1. The number of benzene rings is 1. The lowest BCUT2D eigenvalue weighted by atomic mass is 10.1. The summed E-state index contributed by atoms with van der Waals surface area (Å²) in [5.41, 5.74) is 8.23. The molecule has 1 aliphatic heterocycles. The van der Waals surface area contributed by atoms with Crippen molar-refractivity contribution in [3.8, 4) is 0 Å². The second kappa shape index (κ2) is 7.26. The van der Waals surface area contributed by atoms with Gasteiger partial charge in [-0.1, -0.05) is 25.5 Å². The number of nitrogens with two attached hydrogens (primary N) is 1. The summed E-state index contributed by atoms with van der Waals surface area (Å²) in [7, 11) is 0. The normalized spacial score (nSPS) is 15.1. The predicted molar refractivity (Wildman–Crippen MR) is 92.3 cm³/mol. The first-order valence-electron chi connectivity index (χ1n) is 8.33. The number of hydrogen-bond acceptors (Lipinski definition) is 3. The van der Waals surface area contributed by atoms with Crippen molar-refractivity contribution in [3.63, 3.8) is 0 Å². The fourth-order valence-corrected chi connectivity index (χ4v) is 2.87. The third-order valence-corrected chi connectivity index (χ3v) is 4.18. The summed E-state index contributed by atoms with van der Waals surface area (Å²) >= 11 is 0. The van der Waals surface area contributed by atoms with E-state index < -0.39 is 0 Å². The zero-order chi connectivity index (χ0) is 16.1. The first-order valence-corrected chi connectivity index (χ1v) is 8.33. The largest absolute Gasteiger partial charge is 0.370 e. The molecule has 0 saturated carbocycles. The maximum atomic E-state index is 6.00. The summed E-state index contributed by atoms with van der Waals surface area (Å²) in [5.74, 6) is 2.38. The minimum absolute atomic E-state index is 0.407. The molecule has 122 valence electrons. The summed E-state index contributed by atoms with van der Waals surface area (Å²) in [6, 6.07) is 8.20. The quantitative estimate of drug-likeness (QED) is 0.671. The lowest BCUT2D eigenvalue weighted by Crippen LogP contribution is -2.23. The van der Waals surface area contributed by atoms with Crippen molar-refractivity contribution in [1.29, 1.82) is 0 Å². The van der Waals surface area contributed by atoms with Crippen LogP contribution in [0.4, 0.5) is 5.69 Å². The number of guanidine groups is 1. The first kappa shape index (κ1) is 15.5. The molecule has 0 bridgehead atoms. The van der Waals surface area contributed by atoms with Crippen LogP contribution in [0.5, 0.6) is 0 Å². The van der Waals surface area contributed by atoms with Gasteiger partial charge in [0.15, 0.2) is 11.8 Å². The Balaban J connectivity index is 1.66. The number of aromatic nitrogens is 3. The molecule has 0 radical (unpaired) electrons. The van der Waals surface area contributed by atoms with E-state index in [1.165, 1.54) is 24.8 Å². The zero-order valence-corrected chi connectivity index (χ0v) is 13.6. The van der Waals surface area contributed by atoms with E-state index >= 15 is 0 Å². The first-order chi connectivity index (χ1) is 11.3. The summed E-state index contributed by atoms with van der Waals surface area (Å²) < 4.78 is 2.20. The molecule has 0 unspecified atom stereocenters. The van der Waals surface area contributed by atoms with Crippen LogP contribution >= 0.6 is 0 Å². The smallest absolute Gasteiger partial charge is 0.193 e. The minimum atomic E-state index is 0.407. The van der Waals surface area contributed by atoms with Crippen LogP contribution in [0.2, 0.25) is 0 Å². The molecule has 3 N–H and O–H groups in total. The topological polar surface area (TPSA) is 81.1 Å². The number of aryl methyl sites for hydroxylation is 2. The van der Waals surface area contributed by atoms with Crippen LogP contribution in [0.15, 0.2) is 29.3 Å². The highest BCUT2D eigenvalue weighted by molar-refractivity contribution is 5.92. The fourth-order valence-electron chi connectivity index (χ4n) is 2.87. The number of nitrogens with zero attached hydrogens (tertiary/aromatic N) is 4. The van der Waals surface area contributed by atoms with Crippen LogP contribution in [0, 0.1) is 0 Å². The molecule has 6 nitrogen and oxygen atoms in total. The molecule has 0 saturated heterocycles. The van der Waals surface area contributed by atoms with Crippen molar-refractivity contribution >= 4 is 11.6 Å². The highest BCUT2D eigenvalue weighted by Gasteiger charge is 2.14. The van der Waals surface area contributed by atoms with Gasteiger partial charge in [-0.2, -0.15) is 0 Å². The Bertz CT molecular complexity index is 688. The molecule has 0 atom stereocenters. The Labute approximate surface area is 136 Å². The SMILES string of the molecule is CCc1cccc(NC(N)=NCc2nnc3n2CCCCC3)c1. The van der Waals surface area contributed by atoms with E-state index in [-0.39, 0.29) is 0 Å². The lowest BCUT2D eigenvalue weighted by molar-refractivity contribution is 0.606. The van der Waals surface area contributed by atoms with Gasteiger partial charge in [-0.3, -0.25) is 0 Å². The lowest BCUT2D eigenvalue weighted by Gasteiger charge is -2.08. The van der Waals surface area contributed by atoms with E-state index in [4.69, 9.17) is 5.73 Å². The molecule has 1 aromatic carbocycles. The van der Waals surface area contributed by atoms with Crippen LogP contribution in [-0.4, -0.2) is 20.7 Å². The third kappa shape index (κ3) is 3.88. The summed E-state index contributed by atoms with van der Waals surface area (Å²) in [4.78, 5) is 4.42. The number of fused-ring (bicyclic) bond motifs is 1. The summed E-state index contributed by atoms with van der Waals surface area (Å²) in [5, 5.41) is 11.7. The van der Waals surface area contributed by atoms with Gasteiger partial charge in [0.25, 0.3) is 0 Å². The Kier molecular flexibility index (Phi) is 4.90. The molecule has 0 fully saturated rings. The number of anilines is 1. The second-order valence-electron chi connectivity index (χ2n) is 5.88. The maximum Gasteiger partial charge on any atom is 0.193 e. The van der Waals surface area contributed by atoms with E-state index in [0.29, 0.717) is 12.5 Å². The fraction of sp³-hybridized carbons (Fsp3) is 0.471. The van der Waals surface area contributed by atoms with Gasteiger partial charge < -0.3 is 15.6 Å². The van der Waals surface area contributed by atoms with Crippen molar-refractivity contribution < 1.29 is 0 Å². The van der Waals surface area contributed by atoms with E-state index in [9.17, 15) is 0 Å². The molecule has 3 rings (SSSR count). The van der Waals surface area contributed by atoms with E-state index in [1.807, 2.05) is 12.1 Å². The zero-order valence-electron chi connectivity index (χ0n) is 13.6. The van der Waals surface area contributed by atoms with Gasteiger partial charge in [-0.15, -0.1) is 10.2 Å². The van der Waals surface area contributed by atoms with Gasteiger partial charge >= 0.3 is 0 Å². The molecular formula is C17H24N6. The molecule has 0 amide bonds. The van der Waals surface area contributed by atoms with Crippen molar-refractivity contribution in [2.24, 2.45) is 10.7 Å². The highest BCUT2D eigenvalue weighted by Crippen LogP contribution is 2.15. The molecule has 23 heavy (non-hydrogen) atoms. The van der Waals surface area contributed by atoms with E-state index in [0.717, 1.165) is 36.7 Å². The predicted octanol–water partition coefficient (Wildman–Crippen LogP) is 2.49. The van der Waals surface area contributed by atoms with Crippen molar-refractivity contribution in [1.82, 2.24) is 14.8 Å². The van der Waals surface area contributed by atoms with Crippen LogP contribution < -0.4 is 11.1 Å². The van der Waals surface area contributed by atoms with Crippen molar-refractivity contribution in [2.75, 3.05) is 5.32 Å².